The van der Waals surface area contributed by atoms with E-state index in [0.717, 1.165) is 6.61 Å². The number of rotatable bonds is 2. The molecule has 2 fully saturated rings. The minimum Gasteiger partial charge on any atom is -0.375 e. The van der Waals surface area contributed by atoms with Crippen molar-refractivity contribution in [3.8, 4) is 0 Å². The van der Waals surface area contributed by atoms with Crippen molar-refractivity contribution in [3.63, 3.8) is 0 Å². The van der Waals surface area contributed by atoms with Crippen molar-refractivity contribution in [2.75, 3.05) is 6.61 Å². The van der Waals surface area contributed by atoms with Crippen LogP contribution in [0.25, 0.3) is 0 Å². The summed E-state index contributed by atoms with van der Waals surface area (Å²) in [5.74, 6) is 0. The summed E-state index contributed by atoms with van der Waals surface area (Å²) in [6.07, 6.45) is 5.29. The van der Waals surface area contributed by atoms with Crippen LogP contribution >= 0.6 is 0 Å². The van der Waals surface area contributed by atoms with Crippen LogP contribution < -0.4 is 0 Å². The average molecular weight is 182 g/mol. The van der Waals surface area contributed by atoms with Crippen LogP contribution in [0.2, 0.25) is 0 Å². The van der Waals surface area contributed by atoms with E-state index in [2.05, 4.69) is 27.7 Å². The van der Waals surface area contributed by atoms with Gasteiger partial charge >= 0.3 is 0 Å². The van der Waals surface area contributed by atoms with E-state index in [9.17, 15) is 0 Å². The lowest BCUT2D eigenvalue weighted by atomic mass is 9.70. The van der Waals surface area contributed by atoms with E-state index in [0.29, 0.717) is 10.8 Å². The zero-order valence-electron chi connectivity index (χ0n) is 9.44. The lowest BCUT2D eigenvalue weighted by Gasteiger charge is -2.40. The summed E-state index contributed by atoms with van der Waals surface area (Å²) in [5.41, 5.74) is 1.15. The number of ether oxygens (including phenoxy) is 1. The average Bonchev–Trinajstić information content (AvgIpc) is 2.36. The third kappa shape index (κ3) is 0.918. The van der Waals surface area contributed by atoms with Gasteiger partial charge in [0.25, 0.3) is 0 Å². The molecule has 2 aliphatic carbocycles. The molecule has 0 aliphatic heterocycles. The molecule has 2 bridgehead atoms. The first-order valence-electron chi connectivity index (χ1n) is 5.61. The van der Waals surface area contributed by atoms with Crippen molar-refractivity contribution in [2.24, 2.45) is 10.8 Å². The first kappa shape index (κ1) is 9.51. The highest BCUT2D eigenvalue weighted by Gasteiger charge is 2.65. The number of fused-ring (bicyclic) bond motifs is 2. The van der Waals surface area contributed by atoms with Crippen LogP contribution in [0.4, 0.5) is 0 Å². The summed E-state index contributed by atoms with van der Waals surface area (Å²) in [7, 11) is 0. The number of hydrogen-bond donors (Lipinski definition) is 0. The summed E-state index contributed by atoms with van der Waals surface area (Å²) in [6.45, 7) is 10.3. The Hall–Kier alpha value is -0.0400. The first-order valence-corrected chi connectivity index (χ1v) is 5.61. The zero-order valence-corrected chi connectivity index (χ0v) is 9.44. The van der Waals surface area contributed by atoms with Gasteiger partial charge in [-0.25, -0.2) is 0 Å². The molecule has 0 atom stereocenters. The minimum atomic E-state index is 0.219. The molecule has 0 aromatic heterocycles. The molecule has 1 nitrogen and oxygen atoms in total. The van der Waals surface area contributed by atoms with Crippen LogP contribution in [-0.4, -0.2) is 12.2 Å². The van der Waals surface area contributed by atoms with E-state index in [1.165, 1.54) is 25.7 Å². The maximum Gasteiger partial charge on any atom is 0.0738 e. The van der Waals surface area contributed by atoms with Crippen LogP contribution in [0, 0.1) is 10.8 Å². The molecular formula is C12H22O. The molecule has 0 spiro atoms. The third-order valence-electron chi connectivity index (χ3n) is 5.23. The smallest absolute Gasteiger partial charge is 0.0738 e. The quantitative estimate of drug-likeness (QED) is 0.636. The molecule has 0 saturated heterocycles. The Morgan fingerprint density at radius 2 is 1.54 bits per heavy atom. The van der Waals surface area contributed by atoms with Crippen LogP contribution in [-0.2, 0) is 4.74 Å². The van der Waals surface area contributed by atoms with Crippen molar-refractivity contribution in [1.82, 2.24) is 0 Å². The fraction of sp³-hybridized carbons (Fsp3) is 1.00. The monoisotopic (exact) mass is 182 g/mol. The van der Waals surface area contributed by atoms with Crippen LogP contribution in [0.5, 0.6) is 0 Å². The molecule has 13 heavy (non-hydrogen) atoms. The molecule has 1 heteroatoms. The predicted molar refractivity (Wildman–Crippen MR) is 54.7 cm³/mol. The molecule has 0 N–H and O–H groups in total. The second kappa shape index (κ2) is 2.50. The van der Waals surface area contributed by atoms with Crippen molar-refractivity contribution < 1.29 is 4.74 Å². The van der Waals surface area contributed by atoms with Gasteiger partial charge in [0.05, 0.1) is 5.60 Å². The standard InChI is InChI=1S/C12H22O/c1-5-13-12-8-6-11(4,7-9-12)10(12,2)3/h5-9H2,1-4H3. The van der Waals surface area contributed by atoms with Crippen LogP contribution in [0.3, 0.4) is 0 Å². The topological polar surface area (TPSA) is 9.23 Å². The normalized spacial score (nSPS) is 47.1. The third-order valence-corrected chi connectivity index (χ3v) is 5.23. The SMILES string of the molecule is CCOC12CCC(C)(CC1)C2(C)C. The molecule has 0 heterocycles. The Balaban J connectivity index is 2.33. The van der Waals surface area contributed by atoms with Gasteiger partial charge < -0.3 is 4.74 Å². The van der Waals surface area contributed by atoms with Crippen molar-refractivity contribution in [3.05, 3.63) is 0 Å². The molecule has 0 unspecified atom stereocenters. The summed E-state index contributed by atoms with van der Waals surface area (Å²) >= 11 is 0. The van der Waals surface area contributed by atoms with Gasteiger partial charge in [0.1, 0.15) is 0 Å². The Morgan fingerprint density at radius 3 is 1.85 bits per heavy atom. The lowest BCUT2D eigenvalue weighted by Crippen LogP contribution is -2.42. The Labute approximate surface area is 81.9 Å². The second-order valence-electron chi connectivity index (χ2n) is 5.61. The van der Waals surface area contributed by atoms with Gasteiger partial charge in [0.2, 0.25) is 0 Å². The lowest BCUT2D eigenvalue weighted by molar-refractivity contribution is -0.0965. The van der Waals surface area contributed by atoms with Crippen LogP contribution in [0.1, 0.15) is 53.4 Å². The molecule has 0 amide bonds. The molecule has 2 aliphatic rings. The number of hydrogen-bond acceptors (Lipinski definition) is 1. The van der Waals surface area contributed by atoms with E-state index in [-0.39, 0.29) is 5.60 Å². The van der Waals surface area contributed by atoms with Crippen LogP contribution in [0.15, 0.2) is 0 Å². The van der Waals surface area contributed by atoms with E-state index in [1.54, 1.807) is 0 Å². The van der Waals surface area contributed by atoms with Gasteiger partial charge in [0, 0.05) is 6.61 Å². The largest absolute Gasteiger partial charge is 0.375 e. The molecule has 0 aromatic rings. The molecule has 2 saturated carbocycles. The molecular weight excluding hydrogens is 160 g/mol. The van der Waals surface area contributed by atoms with Gasteiger partial charge in [-0.05, 0) is 43.4 Å². The van der Waals surface area contributed by atoms with E-state index in [4.69, 9.17) is 4.74 Å². The zero-order chi connectivity index (χ0) is 9.74. The first-order chi connectivity index (χ1) is 5.97. The Morgan fingerprint density at radius 1 is 1.00 bits per heavy atom. The van der Waals surface area contributed by atoms with E-state index < -0.39 is 0 Å². The Bertz CT molecular complexity index is 204. The van der Waals surface area contributed by atoms with E-state index >= 15 is 0 Å². The molecule has 0 aromatic carbocycles. The summed E-state index contributed by atoms with van der Waals surface area (Å²) in [4.78, 5) is 0. The Kier molecular flexibility index (Phi) is 1.83. The maximum absolute atomic E-state index is 6.06. The fourth-order valence-corrected chi connectivity index (χ4v) is 3.61. The van der Waals surface area contributed by atoms with Gasteiger partial charge in [0.15, 0.2) is 0 Å². The predicted octanol–water partition coefficient (Wildman–Crippen LogP) is 3.38. The minimum absolute atomic E-state index is 0.219. The fourth-order valence-electron chi connectivity index (χ4n) is 3.61. The molecule has 2 rings (SSSR count). The second-order valence-corrected chi connectivity index (χ2v) is 5.61. The molecule has 76 valence electrons. The highest BCUT2D eigenvalue weighted by atomic mass is 16.5. The van der Waals surface area contributed by atoms with Crippen molar-refractivity contribution >= 4 is 0 Å². The molecule has 0 radical (unpaired) electrons. The van der Waals surface area contributed by atoms with Gasteiger partial charge in [-0.3, -0.25) is 0 Å². The summed E-state index contributed by atoms with van der Waals surface area (Å²) < 4.78 is 6.06. The summed E-state index contributed by atoms with van der Waals surface area (Å²) in [6, 6.07) is 0. The van der Waals surface area contributed by atoms with Crippen molar-refractivity contribution in [2.45, 2.75) is 59.0 Å². The van der Waals surface area contributed by atoms with E-state index in [1.807, 2.05) is 0 Å². The summed E-state index contributed by atoms with van der Waals surface area (Å²) in [5, 5.41) is 0. The van der Waals surface area contributed by atoms with Gasteiger partial charge in [-0.15, -0.1) is 0 Å². The van der Waals surface area contributed by atoms with Crippen molar-refractivity contribution in [1.29, 1.82) is 0 Å². The van der Waals surface area contributed by atoms with Gasteiger partial charge in [-0.1, -0.05) is 20.8 Å². The highest BCUT2D eigenvalue weighted by Crippen LogP contribution is 2.68. The maximum atomic E-state index is 6.06. The highest BCUT2D eigenvalue weighted by molar-refractivity contribution is 5.16. The van der Waals surface area contributed by atoms with Gasteiger partial charge in [-0.2, -0.15) is 0 Å².